The smallest absolute Gasteiger partial charge is 0.417 e. The molecular weight excluding hydrogens is 277 g/mol. The number of hydrogen-bond donors (Lipinski definition) is 0. The lowest BCUT2D eigenvalue weighted by Gasteiger charge is -2.06. The molecule has 0 N–H and O–H groups in total. The number of aldehydes is 1. The van der Waals surface area contributed by atoms with Crippen LogP contribution in [0.1, 0.15) is 33.5 Å². The van der Waals surface area contributed by atoms with E-state index in [0.717, 1.165) is 22.7 Å². The lowest BCUT2D eigenvalue weighted by Crippen LogP contribution is -2.09. The lowest BCUT2D eigenvalue weighted by molar-refractivity contribution is -0.137. The van der Waals surface area contributed by atoms with Crippen molar-refractivity contribution < 1.29 is 27.5 Å². The second-order valence-corrected chi connectivity index (χ2v) is 3.83. The zero-order valence-corrected chi connectivity index (χ0v) is 10.3. The van der Waals surface area contributed by atoms with Crippen molar-refractivity contribution in [3.8, 4) is 0 Å². The van der Waals surface area contributed by atoms with Crippen LogP contribution in [0.5, 0.6) is 0 Å². The first kappa shape index (κ1) is 14.0. The fourth-order valence-corrected chi connectivity index (χ4v) is 1.69. The van der Waals surface area contributed by atoms with Gasteiger partial charge in [-0.15, -0.1) is 0 Å². The molecule has 8 heteroatoms. The van der Waals surface area contributed by atoms with Crippen molar-refractivity contribution in [2.24, 2.45) is 0 Å². The van der Waals surface area contributed by atoms with Crippen LogP contribution in [0.3, 0.4) is 0 Å². The first-order chi connectivity index (χ1) is 9.38. The van der Waals surface area contributed by atoms with Crippen LogP contribution in [0.15, 0.2) is 18.3 Å². The standard InChI is InChI=1S/C12H9F3N2O3/c1-2-20-11(19)10-8(6-18)17-5-7(12(13,14)15)3-4-9(17)16-10/h3-6H,2H2,1H3. The molecule has 0 spiro atoms. The second-order valence-electron chi connectivity index (χ2n) is 3.83. The molecule has 2 aromatic rings. The molecule has 0 aliphatic rings. The topological polar surface area (TPSA) is 60.7 Å². The van der Waals surface area contributed by atoms with Gasteiger partial charge in [-0.3, -0.25) is 9.20 Å². The Bertz CT molecular complexity index is 676. The van der Waals surface area contributed by atoms with E-state index in [2.05, 4.69) is 4.98 Å². The molecule has 106 valence electrons. The van der Waals surface area contributed by atoms with E-state index in [4.69, 9.17) is 4.74 Å². The minimum Gasteiger partial charge on any atom is -0.461 e. The molecule has 0 bridgehead atoms. The molecule has 2 heterocycles. The number of fused-ring (bicyclic) bond motifs is 1. The minimum atomic E-state index is -4.55. The number of hydrogen-bond acceptors (Lipinski definition) is 4. The van der Waals surface area contributed by atoms with E-state index in [9.17, 15) is 22.8 Å². The first-order valence-corrected chi connectivity index (χ1v) is 5.60. The van der Waals surface area contributed by atoms with Crippen molar-refractivity contribution in [2.75, 3.05) is 6.61 Å². The molecule has 0 amide bonds. The van der Waals surface area contributed by atoms with Crippen molar-refractivity contribution in [3.63, 3.8) is 0 Å². The van der Waals surface area contributed by atoms with Crippen LogP contribution in [-0.4, -0.2) is 28.2 Å². The highest BCUT2D eigenvalue weighted by Crippen LogP contribution is 2.29. The SMILES string of the molecule is CCOC(=O)c1nc2ccc(C(F)(F)F)cn2c1C=O. The number of pyridine rings is 1. The van der Waals surface area contributed by atoms with Gasteiger partial charge in [-0.25, -0.2) is 9.78 Å². The largest absolute Gasteiger partial charge is 0.461 e. The summed E-state index contributed by atoms with van der Waals surface area (Å²) in [6.07, 6.45) is -3.57. The summed E-state index contributed by atoms with van der Waals surface area (Å²) >= 11 is 0. The van der Waals surface area contributed by atoms with Gasteiger partial charge in [0.05, 0.1) is 12.2 Å². The highest BCUT2D eigenvalue weighted by Gasteiger charge is 2.31. The summed E-state index contributed by atoms with van der Waals surface area (Å²) in [6.45, 7) is 1.63. The maximum atomic E-state index is 12.6. The summed E-state index contributed by atoms with van der Waals surface area (Å²) in [5, 5.41) is 0. The van der Waals surface area contributed by atoms with Crippen molar-refractivity contribution in [1.82, 2.24) is 9.38 Å². The third-order valence-corrected chi connectivity index (χ3v) is 2.56. The van der Waals surface area contributed by atoms with Crippen LogP contribution in [-0.2, 0) is 10.9 Å². The first-order valence-electron chi connectivity index (χ1n) is 5.60. The molecule has 0 aliphatic heterocycles. The average molecular weight is 286 g/mol. The van der Waals surface area contributed by atoms with Crippen LogP contribution < -0.4 is 0 Å². The summed E-state index contributed by atoms with van der Waals surface area (Å²) in [7, 11) is 0. The van der Waals surface area contributed by atoms with E-state index in [1.54, 1.807) is 6.92 Å². The van der Waals surface area contributed by atoms with Gasteiger partial charge >= 0.3 is 12.1 Å². The van der Waals surface area contributed by atoms with Crippen molar-refractivity contribution in [1.29, 1.82) is 0 Å². The molecular formula is C12H9F3N2O3. The Morgan fingerprint density at radius 1 is 1.45 bits per heavy atom. The monoisotopic (exact) mass is 286 g/mol. The molecule has 0 fully saturated rings. The third-order valence-electron chi connectivity index (χ3n) is 2.56. The fourth-order valence-electron chi connectivity index (χ4n) is 1.69. The maximum absolute atomic E-state index is 12.6. The van der Waals surface area contributed by atoms with E-state index < -0.39 is 17.7 Å². The quantitative estimate of drug-likeness (QED) is 0.642. The number of rotatable bonds is 3. The number of alkyl halides is 3. The minimum absolute atomic E-state index is 0.0585. The number of aromatic nitrogens is 2. The molecule has 0 unspecified atom stereocenters. The molecule has 0 saturated heterocycles. The predicted octanol–water partition coefficient (Wildman–Crippen LogP) is 2.34. The van der Waals surface area contributed by atoms with Crippen LogP contribution in [0.2, 0.25) is 0 Å². The van der Waals surface area contributed by atoms with Gasteiger partial charge in [0.15, 0.2) is 12.0 Å². The average Bonchev–Trinajstić information content (AvgIpc) is 2.75. The fraction of sp³-hybridized carbons (Fsp3) is 0.250. The number of ether oxygens (including phenoxy) is 1. The number of carbonyl (C=O) groups excluding carboxylic acids is 2. The third kappa shape index (κ3) is 2.36. The molecule has 0 atom stereocenters. The number of imidazole rings is 1. The van der Waals surface area contributed by atoms with E-state index in [1.807, 2.05) is 0 Å². The zero-order chi connectivity index (χ0) is 14.9. The summed E-state index contributed by atoms with van der Waals surface area (Å²) < 4.78 is 43.5. The molecule has 2 rings (SSSR count). The Kier molecular flexibility index (Phi) is 3.47. The number of carbonyl (C=O) groups is 2. The normalized spacial score (nSPS) is 11.6. The predicted molar refractivity (Wildman–Crippen MR) is 61.5 cm³/mol. The Balaban J connectivity index is 2.64. The molecule has 0 radical (unpaired) electrons. The summed E-state index contributed by atoms with van der Waals surface area (Å²) in [6, 6.07) is 1.91. The number of halogens is 3. The van der Waals surface area contributed by atoms with Gasteiger partial charge in [0.25, 0.3) is 0 Å². The van der Waals surface area contributed by atoms with Crippen molar-refractivity contribution >= 4 is 17.9 Å². The van der Waals surface area contributed by atoms with E-state index in [0.29, 0.717) is 0 Å². The van der Waals surface area contributed by atoms with Gasteiger partial charge in [-0.1, -0.05) is 0 Å². The van der Waals surface area contributed by atoms with Crippen LogP contribution >= 0.6 is 0 Å². The molecule has 20 heavy (non-hydrogen) atoms. The van der Waals surface area contributed by atoms with E-state index >= 15 is 0 Å². The number of esters is 1. The van der Waals surface area contributed by atoms with Gasteiger partial charge in [-0.05, 0) is 19.1 Å². The van der Waals surface area contributed by atoms with E-state index in [1.165, 1.54) is 0 Å². The lowest BCUT2D eigenvalue weighted by atomic mass is 10.2. The van der Waals surface area contributed by atoms with Crippen molar-refractivity contribution in [3.05, 3.63) is 35.3 Å². The molecule has 2 aromatic heterocycles. The van der Waals surface area contributed by atoms with Crippen LogP contribution in [0.25, 0.3) is 5.65 Å². The molecule has 0 saturated carbocycles. The number of nitrogens with zero attached hydrogens (tertiary/aromatic N) is 2. The van der Waals surface area contributed by atoms with Gasteiger partial charge < -0.3 is 4.74 Å². The van der Waals surface area contributed by atoms with Gasteiger partial charge in [0, 0.05) is 6.20 Å². The summed E-state index contributed by atoms with van der Waals surface area (Å²) in [4.78, 5) is 26.4. The molecule has 5 nitrogen and oxygen atoms in total. The van der Waals surface area contributed by atoms with Crippen LogP contribution in [0.4, 0.5) is 13.2 Å². The van der Waals surface area contributed by atoms with Gasteiger partial charge in [0.1, 0.15) is 11.3 Å². The van der Waals surface area contributed by atoms with Crippen LogP contribution in [0, 0.1) is 0 Å². The molecule has 0 aliphatic carbocycles. The Labute approximate surface area is 111 Å². The summed E-state index contributed by atoms with van der Waals surface area (Å²) in [5.41, 5.74) is -1.46. The van der Waals surface area contributed by atoms with Crippen molar-refractivity contribution in [2.45, 2.75) is 13.1 Å². The Hall–Kier alpha value is -2.38. The Morgan fingerprint density at radius 3 is 2.70 bits per heavy atom. The maximum Gasteiger partial charge on any atom is 0.417 e. The Morgan fingerprint density at radius 2 is 2.15 bits per heavy atom. The second kappa shape index (κ2) is 4.95. The van der Waals surface area contributed by atoms with Gasteiger partial charge in [0.2, 0.25) is 0 Å². The zero-order valence-electron chi connectivity index (χ0n) is 10.3. The van der Waals surface area contributed by atoms with Gasteiger partial charge in [-0.2, -0.15) is 13.2 Å². The highest BCUT2D eigenvalue weighted by molar-refractivity contribution is 5.96. The van der Waals surface area contributed by atoms with E-state index in [-0.39, 0.29) is 29.9 Å². The highest BCUT2D eigenvalue weighted by atomic mass is 19.4. The summed E-state index contributed by atoms with van der Waals surface area (Å²) in [5.74, 6) is -0.855. The molecule has 0 aromatic carbocycles.